The molecule has 0 bridgehead atoms. The molecule has 0 amide bonds. The van der Waals surface area contributed by atoms with Gasteiger partial charge in [-0.15, -0.1) is 0 Å². The Morgan fingerprint density at radius 3 is 2.08 bits per heavy atom. The summed E-state index contributed by atoms with van der Waals surface area (Å²) < 4.78 is 40.4. The molecule has 0 N–H and O–H groups in total. The first-order valence-corrected chi connectivity index (χ1v) is 7.59. The van der Waals surface area contributed by atoms with Crippen molar-refractivity contribution in [2.24, 2.45) is 0 Å². The molecule has 0 aliphatic rings. The first-order chi connectivity index (χ1) is 11.2. The minimum absolute atomic E-state index is 0.234. The molecule has 1 unspecified atom stereocenters. The van der Waals surface area contributed by atoms with Crippen LogP contribution in [0.1, 0.15) is 44.1 Å². The van der Waals surface area contributed by atoms with Crippen LogP contribution in [0.3, 0.4) is 0 Å². The van der Waals surface area contributed by atoms with Crippen LogP contribution in [0.25, 0.3) is 6.08 Å². The van der Waals surface area contributed by atoms with Crippen molar-refractivity contribution >= 4 is 12.4 Å². The van der Waals surface area contributed by atoms with Crippen molar-refractivity contribution in [2.75, 3.05) is 0 Å². The molecule has 4 heteroatoms. The molecule has 2 rings (SSSR count). The quantitative estimate of drug-likeness (QED) is 0.648. The van der Waals surface area contributed by atoms with E-state index in [4.69, 9.17) is 0 Å². The predicted octanol–water partition coefficient (Wildman–Crippen LogP) is 5.78. The van der Waals surface area contributed by atoms with Crippen LogP contribution >= 0.6 is 0 Å². The maximum absolute atomic E-state index is 13.5. The van der Waals surface area contributed by atoms with E-state index in [2.05, 4.69) is 0 Å². The molecule has 0 saturated heterocycles. The van der Waals surface area contributed by atoms with Crippen molar-refractivity contribution in [3.63, 3.8) is 0 Å². The largest absolute Gasteiger partial charge is 0.399 e. The SMILES string of the molecule is Cc1cc(C)cc(C(/C=C/c2ccc(C=O)c(C)c2)C(F)(F)F)c1. The van der Waals surface area contributed by atoms with Gasteiger partial charge >= 0.3 is 6.18 Å². The van der Waals surface area contributed by atoms with E-state index in [-0.39, 0.29) is 5.56 Å². The number of carbonyl (C=O) groups excluding carboxylic acids is 1. The predicted molar refractivity (Wildman–Crippen MR) is 90.3 cm³/mol. The van der Waals surface area contributed by atoms with Crippen molar-refractivity contribution in [2.45, 2.75) is 32.9 Å². The van der Waals surface area contributed by atoms with Gasteiger partial charge in [-0.25, -0.2) is 0 Å². The van der Waals surface area contributed by atoms with Crippen molar-refractivity contribution in [3.8, 4) is 0 Å². The standard InChI is InChI=1S/C20H19F3O/c1-13-8-14(2)10-18(9-13)19(20(21,22)23)7-5-16-4-6-17(12-24)15(3)11-16/h4-12,19H,1-3H3/b7-5+. The molecule has 1 nitrogen and oxygen atoms in total. The Labute approximate surface area is 139 Å². The summed E-state index contributed by atoms with van der Waals surface area (Å²) in [5, 5.41) is 0. The van der Waals surface area contributed by atoms with Crippen LogP contribution in [0.2, 0.25) is 0 Å². The highest BCUT2D eigenvalue weighted by Crippen LogP contribution is 2.37. The summed E-state index contributed by atoms with van der Waals surface area (Å²) >= 11 is 0. The number of alkyl halides is 3. The molecule has 0 fully saturated rings. The summed E-state index contributed by atoms with van der Waals surface area (Å²) in [6.45, 7) is 5.33. The molecular formula is C20H19F3O. The number of benzene rings is 2. The summed E-state index contributed by atoms with van der Waals surface area (Å²) in [6, 6.07) is 9.94. The Morgan fingerprint density at radius 1 is 0.958 bits per heavy atom. The second-order valence-electron chi connectivity index (χ2n) is 6.03. The molecule has 0 saturated carbocycles. The lowest BCUT2D eigenvalue weighted by atomic mass is 9.93. The van der Waals surface area contributed by atoms with Crippen LogP contribution in [0.5, 0.6) is 0 Å². The van der Waals surface area contributed by atoms with Crippen molar-refractivity contribution in [1.82, 2.24) is 0 Å². The number of hydrogen-bond donors (Lipinski definition) is 0. The van der Waals surface area contributed by atoms with E-state index in [1.165, 1.54) is 12.2 Å². The molecule has 1 atom stereocenters. The minimum atomic E-state index is -4.37. The average molecular weight is 332 g/mol. The Balaban J connectivity index is 2.39. The number of allylic oxidation sites excluding steroid dienone is 1. The van der Waals surface area contributed by atoms with Gasteiger partial charge < -0.3 is 0 Å². The van der Waals surface area contributed by atoms with Crippen LogP contribution in [-0.4, -0.2) is 12.5 Å². The smallest absolute Gasteiger partial charge is 0.298 e. The first-order valence-electron chi connectivity index (χ1n) is 7.59. The molecular weight excluding hydrogens is 313 g/mol. The summed E-state index contributed by atoms with van der Waals surface area (Å²) in [7, 11) is 0. The van der Waals surface area contributed by atoms with Gasteiger partial charge in [-0.3, -0.25) is 4.79 Å². The number of carbonyl (C=O) groups is 1. The van der Waals surface area contributed by atoms with E-state index in [1.54, 1.807) is 51.1 Å². The van der Waals surface area contributed by atoms with Gasteiger partial charge in [0.1, 0.15) is 6.29 Å². The number of halogens is 3. The zero-order chi connectivity index (χ0) is 17.9. The van der Waals surface area contributed by atoms with Gasteiger partial charge in [0.2, 0.25) is 0 Å². The molecule has 2 aromatic carbocycles. The Bertz CT molecular complexity index is 753. The highest BCUT2D eigenvalue weighted by atomic mass is 19.4. The Morgan fingerprint density at radius 2 is 1.58 bits per heavy atom. The normalized spacial score (nSPS) is 13.2. The second kappa shape index (κ2) is 7.04. The van der Waals surface area contributed by atoms with E-state index in [0.717, 1.165) is 23.0 Å². The fourth-order valence-electron chi connectivity index (χ4n) is 2.74. The first kappa shape index (κ1) is 18.0. The lowest BCUT2D eigenvalue weighted by Gasteiger charge is -2.18. The molecule has 0 aromatic heterocycles. The van der Waals surface area contributed by atoms with Crippen molar-refractivity contribution in [3.05, 3.63) is 75.9 Å². The molecule has 126 valence electrons. The average Bonchev–Trinajstić information content (AvgIpc) is 2.45. The van der Waals surface area contributed by atoms with Crippen LogP contribution < -0.4 is 0 Å². The van der Waals surface area contributed by atoms with E-state index >= 15 is 0 Å². The minimum Gasteiger partial charge on any atom is -0.298 e. The number of rotatable bonds is 4. The van der Waals surface area contributed by atoms with Gasteiger partial charge in [-0.2, -0.15) is 13.2 Å². The number of hydrogen-bond acceptors (Lipinski definition) is 1. The molecule has 0 spiro atoms. The molecule has 24 heavy (non-hydrogen) atoms. The Kier molecular flexibility index (Phi) is 5.27. The topological polar surface area (TPSA) is 17.1 Å². The molecule has 0 aliphatic heterocycles. The lowest BCUT2D eigenvalue weighted by molar-refractivity contribution is -0.139. The number of aryl methyl sites for hydroxylation is 3. The monoisotopic (exact) mass is 332 g/mol. The maximum Gasteiger partial charge on any atom is 0.399 e. The highest BCUT2D eigenvalue weighted by molar-refractivity contribution is 5.78. The lowest BCUT2D eigenvalue weighted by Crippen LogP contribution is -2.19. The van der Waals surface area contributed by atoms with Gasteiger partial charge in [-0.1, -0.05) is 59.7 Å². The van der Waals surface area contributed by atoms with Crippen LogP contribution in [-0.2, 0) is 0 Å². The van der Waals surface area contributed by atoms with Gasteiger partial charge in [0.05, 0.1) is 5.92 Å². The molecule has 0 aliphatic carbocycles. The third-order valence-electron chi connectivity index (χ3n) is 3.86. The van der Waals surface area contributed by atoms with Crippen LogP contribution in [0.15, 0.2) is 42.5 Å². The van der Waals surface area contributed by atoms with Crippen molar-refractivity contribution < 1.29 is 18.0 Å². The number of aldehydes is 1. The fourth-order valence-corrected chi connectivity index (χ4v) is 2.74. The zero-order valence-corrected chi connectivity index (χ0v) is 13.8. The molecule has 2 aromatic rings. The molecule has 0 heterocycles. The van der Waals surface area contributed by atoms with E-state index in [1.807, 2.05) is 6.07 Å². The third kappa shape index (κ3) is 4.34. The highest BCUT2D eigenvalue weighted by Gasteiger charge is 2.38. The van der Waals surface area contributed by atoms with Crippen LogP contribution in [0.4, 0.5) is 13.2 Å². The van der Waals surface area contributed by atoms with Gasteiger partial charge in [-0.05, 0) is 37.5 Å². The summed E-state index contributed by atoms with van der Waals surface area (Å²) in [6.07, 6.45) is -1.01. The van der Waals surface area contributed by atoms with Crippen molar-refractivity contribution in [1.29, 1.82) is 0 Å². The summed E-state index contributed by atoms with van der Waals surface area (Å²) in [5.41, 5.74) is 3.75. The van der Waals surface area contributed by atoms with E-state index < -0.39 is 12.1 Å². The van der Waals surface area contributed by atoms with Crippen LogP contribution in [0, 0.1) is 20.8 Å². The Hall–Kier alpha value is -2.36. The van der Waals surface area contributed by atoms with Gasteiger partial charge in [0.25, 0.3) is 0 Å². The van der Waals surface area contributed by atoms with E-state index in [9.17, 15) is 18.0 Å². The third-order valence-corrected chi connectivity index (χ3v) is 3.86. The zero-order valence-electron chi connectivity index (χ0n) is 13.8. The summed E-state index contributed by atoms with van der Waals surface area (Å²) in [4.78, 5) is 10.8. The summed E-state index contributed by atoms with van der Waals surface area (Å²) in [5.74, 6) is -1.66. The fraction of sp³-hybridized carbons (Fsp3) is 0.250. The van der Waals surface area contributed by atoms with Gasteiger partial charge in [0.15, 0.2) is 0 Å². The maximum atomic E-state index is 13.5. The van der Waals surface area contributed by atoms with E-state index in [0.29, 0.717) is 11.1 Å². The second-order valence-corrected chi connectivity index (χ2v) is 6.03. The van der Waals surface area contributed by atoms with Gasteiger partial charge in [0, 0.05) is 5.56 Å². The molecule has 0 radical (unpaired) electrons.